The first-order valence-corrected chi connectivity index (χ1v) is 9.05. The van der Waals surface area contributed by atoms with Crippen molar-refractivity contribution in [1.82, 2.24) is 4.90 Å². The summed E-state index contributed by atoms with van der Waals surface area (Å²) in [6, 6.07) is 11.8. The Bertz CT molecular complexity index is 897. The van der Waals surface area contributed by atoms with Gasteiger partial charge in [0.1, 0.15) is 13.2 Å². The molecule has 1 saturated heterocycles. The van der Waals surface area contributed by atoms with Crippen molar-refractivity contribution in [2.75, 3.05) is 12.3 Å². The van der Waals surface area contributed by atoms with Gasteiger partial charge in [-0.05, 0) is 17.7 Å². The molecule has 1 amide bonds. The lowest BCUT2D eigenvalue weighted by Crippen LogP contribution is -2.38. The van der Waals surface area contributed by atoms with Crippen molar-refractivity contribution in [2.45, 2.75) is 19.3 Å². The number of carbonyl (C=O) groups excluding carboxylic acids is 3. The molecular weight excluding hydrogens is 407 g/mol. The van der Waals surface area contributed by atoms with E-state index in [0.29, 0.717) is 0 Å². The number of cyclic esters (lactones) is 1. The molecule has 2 aromatic carbocycles. The molecule has 0 spiro atoms. The number of nitrogens with zero attached hydrogens (tertiary/aromatic N) is 1. The van der Waals surface area contributed by atoms with Gasteiger partial charge >= 0.3 is 12.1 Å². The van der Waals surface area contributed by atoms with Crippen LogP contribution in [0.4, 0.5) is 10.5 Å². The summed E-state index contributed by atoms with van der Waals surface area (Å²) in [4.78, 5) is 37.7. The molecule has 0 saturated carbocycles. The maximum atomic E-state index is 12.6. The van der Waals surface area contributed by atoms with Crippen molar-refractivity contribution in [2.24, 2.45) is 0 Å². The highest BCUT2D eigenvalue weighted by molar-refractivity contribution is 6.37. The number of anilines is 1. The maximum absolute atomic E-state index is 12.6. The van der Waals surface area contributed by atoms with Crippen molar-refractivity contribution in [1.29, 1.82) is 0 Å². The molecule has 1 fully saturated rings. The number of ketones is 1. The van der Waals surface area contributed by atoms with Crippen LogP contribution in [-0.4, -0.2) is 35.5 Å². The number of nitrogen functional groups attached to an aromatic ring is 1. The third-order valence-electron chi connectivity index (χ3n) is 4.08. The molecule has 0 radical (unpaired) electrons. The minimum Gasteiger partial charge on any atom is -0.444 e. The van der Waals surface area contributed by atoms with Crippen LogP contribution in [0.25, 0.3) is 0 Å². The number of ether oxygens (including phenoxy) is 2. The lowest BCUT2D eigenvalue weighted by atomic mass is 10.1. The zero-order chi connectivity index (χ0) is 20.3. The first-order valence-electron chi connectivity index (χ1n) is 8.29. The largest absolute Gasteiger partial charge is 0.444 e. The number of hydrogen-bond donors (Lipinski definition) is 1. The van der Waals surface area contributed by atoms with E-state index < -0.39 is 24.1 Å². The number of hydrogen-bond acceptors (Lipinski definition) is 6. The summed E-state index contributed by atoms with van der Waals surface area (Å²) in [5.74, 6) is -1.12. The Morgan fingerprint density at radius 3 is 2.61 bits per heavy atom. The molecule has 3 rings (SSSR count). The minimum atomic E-state index is -1.10. The first kappa shape index (κ1) is 20.0. The van der Waals surface area contributed by atoms with E-state index in [2.05, 4.69) is 0 Å². The normalized spacial score (nSPS) is 16.0. The second kappa shape index (κ2) is 8.50. The average molecular weight is 423 g/mol. The first-order chi connectivity index (χ1) is 13.3. The van der Waals surface area contributed by atoms with Gasteiger partial charge in [0, 0.05) is 10.7 Å². The van der Waals surface area contributed by atoms with Gasteiger partial charge in [0.2, 0.25) is 0 Å². The quantitative estimate of drug-likeness (QED) is 0.448. The molecule has 7 nitrogen and oxygen atoms in total. The van der Waals surface area contributed by atoms with Crippen LogP contribution in [0, 0.1) is 0 Å². The molecule has 146 valence electrons. The van der Waals surface area contributed by atoms with E-state index in [4.69, 9.17) is 38.4 Å². The van der Waals surface area contributed by atoms with Crippen LogP contribution < -0.4 is 5.73 Å². The standard InChI is InChI=1S/C19H16Cl2N2O5/c20-12-6-13(21)18(14(22)7-12)15(24)8-16-23(9-17(25)28-16)19(26)27-10-11-4-2-1-3-5-11/h1-7,16H,8-10,22H2. The fourth-order valence-electron chi connectivity index (χ4n) is 2.78. The van der Waals surface area contributed by atoms with Gasteiger partial charge in [-0.15, -0.1) is 0 Å². The lowest BCUT2D eigenvalue weighted by Gasteiger charge is -2.21. The van der Waals surface area contributed by atoms with Gasteiger partial charge in [-0.25, -0.2) is 4.79 Å². The number of carbonyl (C=O) groups is 3. The van der Waals surface area contributed by atoms with Gasteiger partial charge in [-0.1, -0.05) is 53.5 Å². The number of nitrogens with two attached hydrogens (primary N) is 1. The summed E-state index contributed by atoms with van der Waals surface area (Å²) in [7, 11) is 0. The molecular formula is C19H16Cl2N2O5. The van der Waals surface area contributed by atoms with E-state index in [-0.39, 0.29) is 40.9 Å². The van der Waals surface area contributed by atoms with Crippen molar-refractivity contribution in [3.63, 3.8) is 0 Å². The topological polar surface area (TPSA) is 98.9 Å². The predicted molar refractivity (Wildman–Crippen MR) is 103 cm³/mol. The fourth-order valence-corrected chi connectivity index (χ4v) is 3.39. The minimum absolute atomic E-state index is 0.0288. The van der Waals surface area contributed by atoms with E-state index >= 15 is 0 Å². The van der Waals surface area contributed by atoms with Crippen molar-refractivity contribution >= 4 is 46.7 Å². The monoisotopic (exact) mass is 422 g/mol. The summed E-state index contributed by atoms with van der Waals surface area (Å²) >= 11 is 11.9. The van der Waals surface area contributed by atoms with Crippen LogP contribution in [0.15, 0.2) is 42.5 Å². The van der Waals surface area contributed by atoms with Gasteiger partial charge in [0.15, 0.2) is 12.0 Å². The summed E-state index contributed by atoms with van der Waals surface area (Å²) in [6.45, 7) is -0.281. The Kier molecular flexibility index (Phi) is 6.06. The summed E-state index contributed by atoms with van der Waals surface area (Å²) in [6.07, 6.45) is -2.17. The molecule has 9 heteroatoms. The molecule has 1 unspecified atom stereocenters. The Morgan fingerprint density at radius 2 is 1.93 bits per heavy atom. The number of esters is 1. The van der Waals surface area contributed by atoms with Crippen LogP contribution >= 0.6 is 23.2 Å². The summed E-state index contributed by atoms with van der Waals surface area (Å²) in [5, 5.41) is 0.370. The number of Topliss-reactive ketones (excluding diaryl/α,β-unsaturated/α-hetero) is 1. The van der Waals surface area contributed by atoms with Crippen molar-refractivity contribution < 1.29 is 23.9 Å². The van der Waals surface area contributed by atoms with Crippen LogP contribution in [0.1, 0.15) is 22.3 Å². The molecule has 2 aromatic rings. The molecule has 0 aromatic heterocycles. The maximum Gasteiger partial charge on any atom is 0.413 e. The molecule has 1 aliphatic heterocycles. The van der Waals surface area contributed by atoms with Crippen LogP contribution in [-0.2, 0) is 20.9 Å². The van der Waals surface area contributed by atoms with Gasteiger partial charge in [-0.3, -0.25) is 14.5 Å². The second-order valence-electron chi connectivity index (χ2n) is 6.09. The Hall–Kier alpha value is -2.77. The third-order valence-corrected chi connectivity index (χ3v) is 4.59. The molecule has 1 atom stereocenters. The van der Waals surface area contributed by atoms with Crippen LogP contribution in [0.5, 0.6) is 0 Å². The predicted octanol–water partition coefficient (Wildman–Crippen LogP) is 3.67. The van der Waals surface area contributed by atoms with Crippen LogP contribution in [0.2, 0.25) is 10.0 Å². The van der Waals surface area contributed by atoms with Crippen molar-refractivity contribution in [3.05, 3.63) is 63.6 Å². The third kappa shape index (κ3) is 4.55. The number of halogens is 2. The van der Waals surface area contributed by atoms with Crippen LogP contribution in [0.3, 0.4) is 0 Å². The summed E-state index contributed by atoms with van der Waals surface area (Å²) < 4.78 is 10.3. The Balaban J connectivity index is 1.69. The average Bonchev–Trinajstić information content (AvgIpc) is 3.00. The Morgan fingerprint density at radius 1 is 1.21 bits per heavy atom. The highest BCUT2D eigenvalue weighted by Gasteiger charge is 2.38. The zero-order valence-electron chi connectivity index (χ0n) is 14.6. The zero-order valence-corrected chi connectivity index (χ0v) is 16.1. The number of amides is 1. The van der Waals surface area contributed by atoms with E-state index in [0.717, 1.165) is 10.5 Å². The summed E-state index contributed by atoms with van der Waals surface area (Å²) in [5.41, 5.74) is 6.78. The lowest BCUT2D eigenvalue weighted by molar-refractivity contribution is -0.140. The molecule has 28 heavy (non-hydrogen) atoms. The van der Waals surface area contributed by atoms with E-state index in [1.807, 2.05) is 18.2 Å². The SMILES string of the molecule is Nc1cc(Cl)cc(Cl)c1C(=O)CC1OC(=O)CN1C(=O)OCc1ccccc1. The molecule has 1 heterocycles. The van der Waals surface area contributed by atoms with Gasteiger partial charge in [0.05, 0.1) is 17.0 Å². The van der Waals surface area contributed by atoms with Gasteiger partial charge in [0.25, 0.3) is 0 Å². The van der Waals surface area contributed by atoms with Gasteiger partial charge < -0.3 is 15.2 Å². The highest BCUT2D eigenvalue weighted by Crippen LogP contribution is 2.30. The van der Waals surface area contributed by atoms with E-state index in [1.165, 1.54) is 12.1 Å². The highest BCUT2D eigenvalue weighted by atomic mass is 35.5. The van der Waals surface area contributed by atoms with E-state index in [1.54, 1.807) is 12.1 Å². The van der Waals surface area contributed by atoms with Gasteiger partial charge in [-0.2, -0.15) is 0 Å². The molecule has 0 bridgehead atoms. The fraction of sp³-hybridized carbons (Fsp3) is 0.211. The second-order valence-corrected chi connectivity index (χ2v) is 6.94. The number of benzene rings is 2. The van der Waals surface area contributed by atoms with Crippen molar-refractivity contribution in [3.8, 4) is 0 Å². The molecule has 0 aliphatic carbocycles. The smallest absolute Gasteiger partial charge is 0.413 e. The molecule has 2 N–H and O–H groups in total. The number of rotatable bonds is 5. The molecule has 1 aliphatic rings. The van der Waals surface area contributed by atoms with E-state index in [9.17, 15) is 14.4 Å². The Labute approximate surface area is 170 Å².